The molecule has 0 aromatic carbocycles. The van der Waals surface area contributed by atoms with E-state index in [4.69, 9.17) is 10.8 Å². The Kier molecular flexibility index (Phi) is 5.59. The van der Waals surface area contributed by atoms with Crippen LogP contribution in [0.15, 0.2) is 0 Å². The molecule has 1 amide bonds. The number of rotatable bonds is 8. The molecular formula is C13H24N2O3. The van der Waals surface area contributed by atoms with Crippen LogP contribution in [0.5, 0.6) is 0 Å². The highest BCUT2D eigenvalue weighted by atomic mass is 16.4. The van der Waals surface area contributed by atoms with Gasteiger partial charge in [0.05, 0.1) is 6.42 Å². The number of nitrogens with two attached hydrogens (primary N) is 1. The van der Waals surface area contributed by atoms with Gasteiger partial charge < -0.3 is 16.2 Å². The largest absolute Gasteiger partial charge is 0.481 e. The molecule has 0 radical (unpaired) electrons. The van der Waals surface area contributed by atoms with Gasteiger partial charge in [-0.15, -0.1) is 0 Å². The molecule has 0 aliphatic heterocycles. The van der Waals surface area contributed by atoms with Crippen LogP contribution in [0.3, 0.4) is 0 Å². The molecule has 0 bridgehead atoms. The van der Waals surface area contributed by atoms with E-state index in [2.05, 4.69) is 5.32 Å². The second kappa shape index (κ2) is 6.73. The van der Waals surface area contributed by atoms with E-state index in [0.717, 1.165) is 32.1 Å². The van der Waals surface area contributed by atoms with E-state index < -0.39 is 5.97 Å². The third kappa shape index (κ3) is 4.29. The Morgan fingerprint density at radius 2 is 2.11 bits per heavy atom. The number of carbonyl (C=O) groups is 2. The minimum absolute atomic E-state index is 0.0140. The zero-order valence-corrected chi connectivity index (χ0v) is 11.1. The molecule has 5 heteroatoms. The Balaban J connectivity index is 2.34. The van der Waals surface area contributed by atoms with Crippen LogP contribution in [0.4, 0.5) is 0 Å². The minimum atomic E-state index is -0.778. The van der Waals surface area contributed by atoms with Crippen molar-refractivity contribution in [2.75, 3.05) is 13.1 Å². The van der Waals surface area contributed by atoms with Crippen LogP contribution in [0.1, 0.15) is 45.4 Å². The number of nitrogens with one attached hydrogen (secondary N) is 1. The third-order valence-corrected chi connectivity index (χ3v) is 3.87. The van der Waals surface area contributed by atoms with Gasteiger partial charge >= 0.3 is 5.97 Å². The Hall–Kier alpha value is -1.10. The molecule has 1 saturated carbocycles. The van der Waals surface area contributed by atoms with E-state index in [1.807, 2.05) is 6.92 Å². The van der Waals surface area contributed by atoms with Crippen LogP contribution < -0.4 is 11.1 Å². The van der Waals surface area contributed by atoms with Gasteiger partial charge in [-0.2, -0.15) is 0 Å². The number of carboxylic acid groups (broad SMARTS) is 1. The smallest absolute Gasteiger partial charge is 0.303 e. The quantitative estimate of drug-likeness (QED) is 0.607. The van der Waals surface area contributed by atoms with Crippen LogP contribution in [0.25, 0.3) is 0 Å². The summed E-state index contributed by atoms with van der Waals surface area (Å²) in [5.41, 5.74) is 5.21. The number of carbonyl (C=O) groups excluding carboxylic acids is 1. The standard InChI is InChI=1S/C13H24N2O3/c1-10(4-2-7-14)12(18)15-9-13(5-3-6-13)8-11(16)17/h10H,2-9,14H2,1H3,(H,15,18)(H,16,17). The summed E-state index contributed by atoms with van der Waals surface area (Å²) in [4.78, 5) is 22.6. The van der Waals surface area contributed by atoms with E-state index in [1.165, 1.54) is 0 Å². The Bertz CT molecular complexity index is 301. The molecular weight excluding hydrogens is 232 g/mol. The average molecular weight is 256 g/mol. The molecule has 5 nitrogen and oxygen atoms in total. The minimum Gasteiger partial charge on any atom is -0.481 e. The first-order chi connectivity index (χ1) is 8.49. The predicted molar refractivity (Wildman–Crippen MR) is 69.0 cm³/mol. The summed E-state index contributed by atoms with van der Waals surface area (Å²) in [6, 6.07) is 0. The van der Waals surface area contributed by atoms with Crippen LogP contribution in [0.2, 0.25) is 0 Å². The molecule has 1 rings (SSSR count). The van der Waals surface area contributed by atoms with Crippen LogP contribution in [-0.4, -0.2) is 30.1 Å². The molecule has 0 aromatic heterocycles. The number of carboxylic acids is 1. The van der Waals surface area contributed by atoms with Gasteiger partial charge in [0, 0.05) is 12.5 Å². The summed E-state index contributed by atoms with van der Waals surface area (Å²) in [6.45, 7) is 2.97. The van der Waals surface area contributed by atoms with Crippen molar-refractivity contribution in [1.29, 1.82) is 0 Å². The van der Waals surface area contributed by atoms with E-state index in [9.17, 15) is 9.59 Å². The fraction of sp³-hybridized carbons (Fsp3) is 0.846. The molecule has 104 valence electrons. The first kappa shape index (κ1) is 15.0. The summed E-state index contributed by atoms with van der Waals surface area (Å²) in [6.07, 6.45) is 4.65. The molecule has 0 aromatic rings. The maximum absolute atomic E-state index is 11.8. The lowest BCUT2D eigenvalue weighted by Crippen LogP contribution is -2.44. The second-order valence-electron chi connectivity index (χ2n) is 5.47. The lowest BCUT2D eigenvalue weighted by atomic mass is 9.66. The van der Waals surface area contributed by atoms with Crippen LogP contribution >= 0.6 is 0 Å². The molecule has 1 atom stereocenters. The highest BCUT2D eigenvalue weighted by molar-refractivity contribution is 5.78. The van der Waals surface area contributed by atoms with Gasteiger partial charge in [0.15, 0.2) is 0 Å². The number of hydrogen-bond acceptors (Lipinski definition) is 3. The monoisotopic (exact) mass is 256 g/mol. The number of amides is 1. The first-order valence-electron chi connectivity index (χ1n) is 6.69. The van der Waals surface area contributed by atoms with Crippen LogP contribution in [-0.2, 0) is 9.59 Å². The molecule has 18 heavy (non-hydrogen) atoms. The topological polar surface area (TPSA) is 92.4 Å². The van der Waals surface area contributed by atoms with Crippen molar-refractivity contribution in [3.8, 4) is 0 Å². The van der Waals surface area contributed by atoms with Crippen molar-refractivity contribution in [3.63, 3.8) is 0 Å². The zero-order valence-electron chi connectivity index (χ0n) is 11.1. The van der Waals surface area contributed by atoms with Gasteiger partial charge in [0.25, 0.3) is 0 Å². The van der Waals surface area contributed by atoms with Crippen molar-refractivity contribution in [1.82, 2.24) is 5.32 Å². The molecule has 4 N–H and O–H groups in total. The van der Waals surface area contributed by atoms with Gasteiger partial charge in [0.1, 0.15) is 0 Å². The molecule has 1 aliphatic rings. The SMILES string of the molecule is CC(CCCN)C(=O)NCC1(CC(=O)O)CCC1. The van der Waals surface area contributed by atoms with Gasteiger partial charge in [-0.1, -0.05) is 13.3 Å². The molecule has 1 unspecified atom stereocenters. The Labute approximate surface area is 108 Å². The Morgan fingerprint density at radius 1 is 1.44 bits per heavy atom. The van der Waals surface area contributed by atoms with Crippen molar-refractivity contribution >= 4 is 11.9 Å². The highest BCUT2D eigenvalue weighted by Crippen LogP contribution is 2.43. The van der Waals surface area contributed by atoms with Crippen molar-refractivity contribution in [2.24, 2.45) is 17.1 Å². The van der Waals surface area contributed by atoms with Crippen LogP contribution in [0, 0.1) is 11.3 Å². The van der Waals surface area contributed by atoms with Crippen molar-refractivity contribution in [3.05, 3.63) is 0 Å². The Morgan fingerprint density at radius 3 is 2.56 bits per heavy atom. The van der Waals surface area contributed by atoms with Gasteiger partial charge in [-0.05, 0) is 37.6 Å². The second-order valence-corrected chi connectivity index (χ2v) is 5.47. The summed E-state index contributed by atoms with van der Waals surface area (Å²) in [5.74, 6) is -0.809. The molecule has 1 aliphatic carbocycles. The fourth-order valence-electron chi connectivity index (χ4n) is 2.42. The summed E-state index contributed by atoms with van der Waals surface area (Å²) >= 11 is 0. The van der Waals surface area contributed by atoms with E-state index in [-0.39, 0.29) is 23.7 Å². The molecule has 0 spiro atoms. The summed E-state index contributed by atoms with van der Waals surface area (Å²) < 4.78 is 0. The lowest BCUT2D eigenvalue weighted by molar-refractivity contribution is -0.142. The number of hydrogen-bond donors (Lipinski definition) is 3. The third-order valence-electron chi connectivity index (χ3n) is 3.87. The fourth-order valence-corrected chi connectivity index (χ4v) is 2.42. The lowest BCUT2D eigenvalue weighted by Gasteiger charge is -2.41. The normalized spacial score (nSPS) is 18.8. The zero-order chi connectivity index (χ0) is 13.6. The van der Waals surface area contributed by atoms with E-state index >= 15 is 0 Å². The maximum atomic E-state index is 11.8. The molecule has 1 fully saturated rings. The van der Waals surface area contributed by atoms with E-state index in [1.54, 1.807) is 0 Å². The highest BCUT2D eigenvalue weighted by Gasteiger charge is 2.39. The van der Waals surface area contributed by atoms with Crippen molar-refractivity contribution < 1.29 is 14.7 Å². The molecule has 0 heterocycles. The molecule has 0 saturated heterocycles. The summed E-state index contributed by atoms with van der Waals surface area (Å²) in [7, 11) is 0. The van der Waals surface area contributed by atoms with Crippen molar-refractivity contribution in [2.45, 2.75) is 45.4 Å². The van der Waals surface area contributed by atoms with Gasteiger partial charge in [0.2, 0.25) is 5.91 Å². The van der Waals surface area contributed by atoms with E-state index in [0.29, 0.717) is 13.1 Å². The van der Waals surface area contributed by atoms with Gasteiger partial charge in [-0.25, -0.2) is 0 Å². The average Bonchev–Trinajstić information content (AvgIpc) is 2.28. The summed E-state index contributed by atoms with van der Waals surface area (Å²) in [5, 5.41) is 11.8. The van der Waals surface area contributed by atoms with Gasteiger partial charge in [-0.3, -0.25) is 9.59 Å². The first-order valence-corrected chi connectivity index (χ1v) is 6.69. The predicted octanol–water partition coefficient (Wildman–Crippen LogP) is 1.12. The maximum Gasteiger partial charge on any atom is 0.303 e. The number of aliphatic carboxylic acids is 1.